The van der Waals surface area contributed by atoms with Gasteiger partial charge in [-0.05, 0) is 43.2 Å². The first kappa shape index (κ1) is 22.1. The van der Waals surface area contributed by atoms with E-state index in [-0.39, 0.29) is 11.8 Å². The Hall–Kier alpha value is -4.72. The number of nitrogens with zero attached hydrogens (tertiary/aromatic N) is 2. The van der Waals surface area contributed by atoms with Crippen LogP contribution in [0, 0.1) is 5.92 Å². The molecule has 0 aliphatic heterocycles. The lowest BCUT2D eigenvalue weighted by Gasteiger charge is -2.09. The SMILES string of the molecule is O=C(NNC(=O)c1cn(-c2ccccc2)nc1-c1ccccc1)c1cccc(NC(=O)C2CC2)c1. The zero-order valence-corrected chi connectivity index (χ0v) is 18.8. The molecule has 0 saturated heterocycles. The maximum atomic E-state index is 13.1. The van der Waals surface area contributed by atoms with Crippen molar-refractivity contribution in [2.45, 2.75) is 12.8 Å². The van der Waals surface area contributed by atoms with E-state index in [1.165, 1.54) is 0 Å². The van der Waals surface area contributed by atoms with E-state index in [4.69, 9.17) is 0 Å². The zero-order valence-electron chi connectivity index (χ0n) is 18.8. The van der Waals surface area contributed by atoms with Crippen molar-refractivity contribution in [2.24, 2.45) is 5.92 Å². The molecule has 8 heteroatoms. The fourth-order valence-electron chi connectivity index (χ4n) is 3.64. The number of benzene rings is 3. The number of amides is 3. The van der Waals surface area contributed by atoms with E-state index in [1.54, 1.807) is 35.1 Å². The van der Waals surface area contributed by atoms with Gasteiger partial charge in [0.25, 0.3) is 11.8 Å². The lowest BCUT2D eigenvalue weighted by molar-refractivity contribution is -0.117. The normalized spacial score (nSPS) is 12.6. The summed E-state index contributed by atoms with van der Waals surface area (Å²) in [5.41, 5.74) is 8.16. The van der Waals surface area contributed by atoms with Crippen LogP contribution in [-0.2, 0) is 4.79 Å². The Bertz CT molecular complexity index is 1380. The van der Waals surface area contributed by atoms with Gasteiger partial charge in [0.15, 0.2) is 0 Å². The van der Waals surface area contributed by atoms with Gasteiger partial charge < -0.3 is 5.32 Å². The minimum absolute atomic E-state index is 0.0419. The lowest BCUT2D eigenvalue weighted by Crippen LogP contribution is -2.41. The summed E-state index contributed by atoms with van der Waals surface area (Å²) >= 11 is 0. The van der Waals surface area contributed by atoms with Crippen LogP contribution in [0.4, 0.5) is 5.69 Å². The highest BCUT2D eigenvalue weighted by molar-refractivity contribution is 6.03. The van der Waals surface area contributed by atoms with Crippen LogP contribution in [0.15, 0.2) is 91.1 Å². The summed E-state index contributed by atoms with van der Waals surface area (Å²) in [4.78, 5) is 37.8. The largest absolute Gasteiger partial charge is 0.326 e. The van der Waals surface area contributed by atoms with Crippen LogP contribution in [0.1, 0.15) is 33.6 Å². The maximum absolute atomic E-state index is 13.1. The molecule has 0 unspecified atom stereocenters. The molecule has 3 amide bonds. The molecule has 1 saturated carbocycles. The van der Waals surface area contributed by atoms with Crippen LogP contribution in [-0.4, -0.2) is 27.5 Å². The van der Waals surface area contributed by atoms with Gasteiger partial charge in [0.05, 0.1) is 11.3 Å². The number of nitrogens with one attached hydrogen (secondary N) is 3. The molecule has 35 heavy (non-hydrogen) atoms. The fourth-order valence-corrected chi connectivity index (χ4v) is 3.64. The van der Waals surface area contributed by atoms with Crippen LogP contribution in [0.25, 0.3) is 16.9 Å². The summed E-state index contributed by atoms with van der Waals surface area (Å²) in [6, 6.07) is 25.4. The molecule has 3 N–H and O–H groups in total. The third kappa shape index (κ3) is 5.11. The van der Waals surface area contributed by atoms with Crippen LogP contribution in [0.2, 0.25) is 0 Å². The minimum Gasteiger partial charge on any atom is -0.326 e. The van der Waals surface area contributed by atoms with Crippen molar-refractivity contribution in [1.29, 1.82) is 0 Å². The average molecular weight is 466 g/mol. The number of hydrazine groups is 1. The number of rotatable bonds is 6. The van der Waals surface area contributed by atoms with E-state index >= 15 is 0 Å². The van der Waals surface area contributed by atoms with Gasteiger partial charge >= 0.3 is 0 Å². The molecule has 8 nitrogen and oxygen atoms in total. The first-order valence-electron chi connectivity index (χ1n) is 11.3. The minimum atomic E-state index is -0.502. The summed E-state index contributed by atoms with van der Waals surface area (Å²) in [6.07, 6.45) is 3.42. The molecule has 0 atom stereocenters. The van der Waals surface area contributed by atoms with Gasteiger partial charge in [-0.2, -0.15) is 5.10 Å². The molecule has 4 aromatic rings. The van der Waals surface area contributed by atoms with Crippen molar-refractivity contribution in [3.63, 3.8) is 0 Å². The molecule has 1 heterocycles. The van der Waals surface area contributed by atoms with Gasteiger partial charge in [-0.25, -0.2) is 4.68 Å². The fraction of sp³-hybridized carbons (Fsp3) is 0.111. The third-order valence-corrected chi connectivity index (χ3v) is 5.66. The monoisotopic (exact) mass is 465 g/mol. The molecular formula is C27H23N5O3. The van der Waals surface area contributed by atoms with Gasteiger partial charge in [0.2, 0.25) is 5.91 Å². The standard InChI is InChI=1S/C27H23N5O3/c33-25(19-14-15-19)28-21-11-7-10-20(16-21)26(34)29-30-27(35)23-17-32(22-12-5-2-6-13-22)31-24(23)18-8-3-1-4-9-18/h1-13,16-17,19H,14-15H2,(H,28,33)(H,29,34)(H,30,35). The Kier molecular flexibility index (Phi) is 6.09. The van der Waals surface area contributed by atoms with E-state index in [2.05, 4.69) is 21.3 Å². The van der Waals surface area contributed by atoms with Crippen molar-refractivity contribution in [1.82, 2.24) is 20.6 Å². The van der Waals surface area contributed by atoms with Crippen molar-refractivity contribution >= 4 is 23.4 Å². The summed E-state index contributed by atoms with van der Waals surface area (Å²) in [5.74, 6) is -0.989. The molecular weight excluding hydrogens is 442 g/mol. The van der Waals surface area contributed by atoms with Crippen molar-refractivity contribution in [2.75, 3.05) is 5.32 Å². The molecule has 0 bridgehead atoms. The van der Waals surface area contributed by atoms with Crippen molar-refractivity contribution in [3.05, 3.63) is 102 Å². The van der Waals surface area contributed by atoms with Crippen molar-refractivity contribution < 1.29 is 14.4 Å². The second kappa shape index (κ2) is 9.64. The Morgan fingerprint density at radius 3 is 2.20 bits per heavy atom. The van der Waals surface area contributed by atoms with Crippen LogP contribution in [0.3, 0.4) is 0 Å². The van der Waals surface area contributed by atoms with Gasteiger partial charge in [0.1, 0.15) is 5.69 Å². The summed E-state index contributed by atoms with van der Waals surface area (Å²) < 4.78 is 1.63. The highest BCUT2D eigenvalue weighted by Gasteiger charge is 2.29. The van der Waals surface area contributed by atoms with Crippen LogP contribution >= 0.6 is 0 Å². The van der Waals surface area contributed by atoms with E-state index in [1.807, 2.05) is 60.7 Å². The Balaban J connectivity index is 1.33. The van der Waals surface area contributed by atoms with E-state index < -0.39 is 11.8 Å². The summed E-state index contributed by atoms with van der Waals surface area (Å²) in [6.45, 7) is 0. The second-order valence-electron chi connectivity index (χ2n) is 8.29. The number of para-hydroxylation sites is 1. The molecule has 5 rings (SSSR count). The van der Waals surface area contributed by atoms with Crippen LogP contribution in [0.5, 0.6) is 0 Å². The molecule has 0 spiro atoms. The summed E-state index contributed by atoms with van der Waals surface area (Å²) in [7, 11) is 0. The number of carbonyl (C=O) groups is 3. The Morgan fingerprint density at radius 2 is 1.49 bits per heavy atom. The first-order valence-corrected chi connectivity index (χ1v) is 11.3. The molecule has 1 aliphatic carbocycles. The number of hydrogen-bond acceptors (Lipinski definition) is 4. The third-order valence-electron chi connectivity index (χ3n) is 5.66. The van der Waals surface area contributed by atoms with Crippen LogP contribution < -0.4 is 16.2 Å². The predicted octanol–water partition coefficient (Wildman–Crippen LogP) is 3.96. The molecule has 3 aromatic carbocycles. The van der Waals surface area contributed by atoms with Gasteiger partial charge in [0, 0.05) is 28.9 Å². The highest BCUT2D eigenvalue weighted by atomic mass is 16.2. The first-order chi connectivity index (χ1) is 17.1. The second-order valence-corrected chi connectivity index (χ2v) is 8.29. The number of aromatic nitrogens is 2. The topological polar surface area (TPSA) is 105 Å². The highest BCUT2D eigenvalue weighted by Crippen LogP contribution is 2.30. The quantitative estimate of drug-likeness (QED) is 0.375. The summed E-state index contributed by atoms with van der Waals surface area (Å²) in [5, 5.41) is 7.43. The number of carbonyl (C=O) groups excluding carboxylic acids is 3. The van der Waals surface area contributed by atoms with E-state index in [0.29, 0.717) is 22.5 Å². The lowest BCUT2D eigenvalue weighted by atomic mass is 10.1. The molecule has 174 valence electrons. The Morgan fingerprint density at radius 1 is 0.800 bits per heavy atom. The number of hydrogen-bond donors (Lipinski definition) is 3. The van der Waals surface area contributed by atoms with Gasteiger partial charge in [-0.15, -0.1) is 0 Å². The average Bonchev–Trinajstić information content (AvgIpc) is 3.66. The maximum Gasteiger partial charge on any atom is 0.273 e. The zero-order chi connectivity index (χ0) is 24.2. The van der Waals surface area contributed by atoms with Gasteiger partial charge in [-0.1, -0.05) is 54.6 Å². The predicted molar refractivity (Wildman–Crippen MR) is 132 cm³/mol. The van der Waals surface area contributed by atoms with E-state index in [0.717, 1.165) is 24.1 Å². The molecule has 1 aromatic heterocycles. The van der Waals surface area contributed by atoms with Crippen molar-refractivity contribution in [3.8, 4) is 16.9 Å². The van der Waals surface area contributed by atoms with Gasteiger partial charge in [-0.3, -0.25) is 25.2 Å². The molecule has 0 radical (unpaired) electrons. The Labute approximate surface area is 201 Å². The molecule has 1 fully saturated rings. The number of anilines is 1. The smallest absolute Gasteiger partial charge is 0.273 e. The van der Waals surface area contributed by atoms with E-state index in [9.17, 15) is 14.4 Å². The molecule has 1 aliphatic rings.